The summed E-state index contributed by atoms with van der Waals surface area (Å²) in [6, 6.07) is 11.7. The highest BCUT2D eigenvalue weighted by molar-refractivity contribution is 5.95. The van der Waals surface area contributed by atoms with E-state index in [9.17, 15) is 14.0 Å². The molecule has 2 aromatic heterocycles. The third kappa shape index (κ3) is 3.58. The van der Waals surface area contributed by atoms with E-state index in [4.69, 9.17) is 9.15 Å². The lowest BCUT2D eigenvalue weighted by Crippen LogP contribution is -2.04. The summed E-state index contributed by atoms with van der Waals surface area (Å²) in [5.74, 6) is -1.49. The average molecular weight is 434 g/mol. The molecule has 4 aromatic rings. The van der Waals surface area contributed by atoms with Crippen molar-refractivity contribution in [2.75, 3.05) is 17.7 Å². The summed E-state index contributed by atoms with van der Waals surface area (Å²) < 4.78 is 29.4. The van der Waals surface area contributed by atoms with Crippen LogP contribution in [0.3, 0.4) is 0 Å². The maximum absolute atomic E-state index is 14.3. The molecule has 0 saturated heterocycles. The minimum Gasteiger partial charge on any atom is -0.463 e. The van der Waals surface area contributed by atoms with Crippen LogP contribution in [0.4, 0.5) is 27.5 Å². The number of carbonyl (C=O) groups excluding carboxylic acids is 2. The number of halogens is 1. The van der Waals surface area contributed by atoms with Gasteiger partial charge in [0.05, 0.1) is 18.9 Å². The molecule has 0 unspecified atom stereocenters. The van der Waals surface area contributed by atoms with E-state index < -0.39 is 17.8 Å². The number of rotatable bonds is 5. The number of esters is 2. The van der Waals surface area contributed by atoms with Gasteiger partial charge in [-0.1, -0.05) is 6.07 Å². The Balaban J connectivity index is 1.38. The summed E-state index contributed by atoms with van der Waals surface area (Å²) in [5.41, 5.74) is 2.81. The number of nitrogens with one attached hydrogen (secondary N) is 2. The Morgan fingerprint density at radius 1 is 1.12 bits per heavy atom. The smallest absolute Gasteiger partial charge is 0.373 e. The standard InChI is InChI=1S/C22H15FN4O5/c1-30-21(29)18-7-12-6-13(4-5-17(12)32-18)26-22-24-9-16(23)19(27-22)25-14-3-2-11-10-31-20(28)15(11)8-14/h2-9H,10H2,1H3,(H2,24,25,26,27). The van der Waals surface area contributed by atoms with E-state index in [1.807, 2.05) is 0 Å². The molecule has 1 aliphatic heterocycles. The molecule has 9 nitrogen and oxygen atoms in total. The van der Waals surface area contributed by atoms with E-state index in [1.165, 1.54) is 7.11 Å². The number of ether oxygens (including phenoxy) is 2. The second-order valence-corrected chi connectivity index (χ2v) is 6.94. The number of aromatic nitrogens is 2. The second-order valence-electron chi connectivity index (χ2n) is 6.94. The lowest BCUT2D eigenvalue weighted by atomic mass is 10.1. The van der Waals surface area contributed by atoms with E-state index in [0.29, 0.717) is 27.9 Å². The molecule has 0 saturated carbocycles. The second kappa shape index (κ2) is 7.65. The van der Waals surface area contributed by atoms with Crippen LogP contribution in [0.5, 0.6) is 0 Å². The number of fused-ring (bicyclic) bond motifs is 2. The number of hydrogen-bond acceptors (Lipinski definition) is 9. The van der Waals surface area contributed by atoms with Crippen molar-refractivity contribution in [2.45, 2.75) is 6.61 Å². The third-order valence-corrected chi connectivity index (χ3v) is 4.85. The topological polar surface area (TPSA) is 116 Å². The molecule has 2 N–H and O–H groups in total. The summed E-state index contributed by atoms with van der Waals surface area (Å²) >= 11 is 0. The lowest BCUT2D eigenvalue weighted by Gasteiger charge is -2.10. The van der Waals surface area contributed by atoms with Crippen molar-refractivity contribution in [2.24, 2.45) is 0 Å². The average Bonchev–Trinajstić information content (AvgIpc) is 3.39. The van der Waals surface area contributed by atoms with Gasteiger partial charge in [0, 0.05) is 22.3 Å². The Morgan fingerprint density at radius 2 is 1.94 bits per heavy atom. The van der Waals surface area contributed by atoms with Gasteiger partial charge in [-0.25, -0.2) is 19.0 Å². The first-order valence-corrected chi connectivity index (χ1v) is 9.49. The fourth-order valence-electron chi connectivity index (χ4n) is 3.29. The summed E-state index contributed by atoms with van der Waals surface area (Å²) in [4.78, 5) is 31.5. The van der Waals surface area contributed by atoms with Crippen molar-refractivity contribution in [1.29, 1.82) is 0 Å². The molecule has 160 valence electrons. The van der Waals surface area contributed by atoms with Crippen LogP contribution in [0.25, 0.3) is 11.0 Å². The Kier molecular flexibility index (Phi) is 4.66. The van der Waals surface area contributed by atoms with Crippen molar-refractivity contribution in [1.82, 2.24) is 9.97 Å². The molecule has 10 heteroatoms. The zero-order valence-corrected chi connectivity index (χ0v) is 16.6. The first kappa shape index (κ1) is 19.5. The highest BCUT2D eigenvalue weighted by atomic mass is 19.1. The van der Waals surface area contributed by atoms with Crippen LogP contribution in [0.1, 0.15) is 26.5 Å². The van der Waals surface area contributed by atoms with Gasteiger partial charge < -0.3 is 24.5 Å². The van der Waals surface area contributed by atoms with Gasteiger partial charge in [0.2, 0.25) is 11.7 Å². The van der Waals surface area contributed by atoms with Crippen molar-refractivity contribution in [3.63, 3.8) is 0 Å². The number of furan rings is 1. The maximum atomic E-state index is 14.3. The Bertz CT molecular complexity index is 1380. The number of hydrogen-bond donors (Lipinski definition) is 2. The van der Waals surface area contributed by atoms with Crippen LogP contribution in [-0.2, 0) is 16.1 Å². The van der Waals surface area contributed by atoms with Gasteiger partial charge in [0.15, 0.2) is 11.6 Å². The van der Waals surface area contributed by atoms with E-state index in [2.05, 4.69) is 25.3 Å². The quantitative estimate of drug-likeness (QED) is 0.443. The minimum absolute atomic E-state index is 0.0637. The van der Waals surface area contributed by atoms with Gasteiger partial charge in [0.25, 0.3) is 0 Å². The number of methoxy groups -OCH3 is 1. The number of anilines is 4. The molecule has 3 heterocycles. The molecule has 0 bridgehead atoms. The summed E-state index contributed by atoms with van der Waals surface area (Å²) in [6.07, 6.45) is 1.03. The number of benzene rings is 2. The number of carbonyl (C=O) groups is 2. The number of cyclic esters (lactones) is 1. The highest BCUT2D eigenvalue weighted by Crippen LogP contribution is 2.28. The molecule has 1 aliphatic rings. The van der Waals surface area contributed by atoms with Crippen molar-refractivity contribution in [3.8, 4) is 0 Å². The van der Waals surface area contributed by atoms with Crippen LogP contribution in [0.15, 0.2) is 53.1 Å². The minimum atomic E-state index is -0.661. The molecule has 0 atom stereocenters. The summed E-state index contributed by atoms with van der Waals surface area (Å²) in [7, 11) is 1.27. The molecule has 2 aromatic carbocycles. The fourth-order valence-corrected chi connectivity index (χ4v) is 3.29. The molecule has 0 fully saturated rings. The van der Waals surface area contributed by atoms with Crippen molar-refractivity contribution >= 4 is 46.0 Å². The zero-order chi connectivity index (χ0) is 22.2. The van der Waals surface area contributed by atoms with Crippen LogP contribution >= 0.6 is 0 Å². The Labute approximate surface area is 180 Å². The van der Waals surface area contributed by atoms with Gasteiger partial charge in [-0.15, -0.1) is 0 Å². The fraction of sp³-hybridized carbons (Fsp3) is 0.0909. The first-order chi connectivity index (χ1) is 15.5. The van der Waals surface area contributed by atoms with E-state index in [1.54, 1.807) is 42.5 Å². The van der Waals surface area contributed by atoms with Crippen LogP contribution < -0.4 is 10.6 Å². The number of nitrogens with zero attached hydrogens (tertiary/aromatic N) is 2. The zero-order valence-electron chi connectivity index (χ0n) is 16.6. The van der Waals surface area contributed by atoms with Crippen LogP contribution in [-0.4, -0.2) is 29.0 Å². The van der Waals surface area contributed by atoms with Crippen LogP contribution in [0, 0.1) is 5.82 Å². The van der Waals surface area contributed by atoms with Crippen molar-refractivity contribution < 1.29 is 27.9 Å². The monoisotopic (exact) mass is 434 g/mol. The molecule has 0 amide bonds. The first-order valence-electron chi connectivity index (χ1n) is 9.49. The largest absolute Gasteiger partial charge is 0.463 e. The predicted molar refractivity (Wildman–Crippen MR) is 112 cm³/mol. The predicted octanol–water partition coefficient (Wildman–Crippen LogP) is 4.31. The lowest BCUT2D eigenvalue weighted by molar-refractivity contribution is 0.0533. The van der Waals surface area contributed by atoms with Gasteiger partial charge in [-0.3, -0.25) is 0 Å². The Morgan fingerprint density at radius 3 is 2.78 bits per heavy atom. The molecular formula is C22H15FN4O5. The maximum Gasteiger partial charge on any atom is 0.373 e. The van der Waals surface area contributed by atoms with E-state index in [0.717, 1.165) is 11.8 Å². The highest BCUT2D eigenvalue weighted by Gasteiger charge is 2.21. The SMILES string of the molecule is COC(=O)c1cc2cc(Nc3ncc(F)c(Nc4ccc5c(c4)C(=O)OC5)n3)ccc2o1. The van der Waals surface area contributed by atoms with E-state index >= 15 is 0 Å². The van der Waals surface area contributed by atoms with Crippen molar-refractivity contribution in [3.05, 3.63) is 71.4 Å². The summed E-state index contributed by atoms with van der Waals surface area (Å²) in [6.45, 7) is 0.229. The normalized spacial score (nSPS) is 12.4. The molecule has 0 radical (unpaired) electrons. The van der Waals surface area contributed by atoms with E-state index in [-0.39, 0.29) is 24.1 Å². The van der Waals surface area contributed by atoms with Gasteiger partial charge in [-0.2, -0.15) is 4.98 Å². The molecule has 0 aliphatic carbocycles. The Hall–Kier alpha value is -4.47. The van der Waals surface area contributed by atoms with Gasteiger partial charge >= 0.3 is 11.9 Å². The van der Waals surface area contributed by atoms with Gasteiger partial charge in [0.1, 0.15) is 12.2 Å². The molecular weight excluding hydrogens is 419 g/mol. The molecule has 0 spiro atoms. The molecule has 32 heavy (non-hydrogen) atoms. The summed E-state index contributed by atoms with van der Waals surface area (Å²) in [5, 5.41) is 6.52. The van der Waals surface area contributed by atoms with Crippen LogP contribution in [0.2, 0.25) is 0 Å². The third-order valence-electron chi connectivity index (χ3n) is 4.85. The molecule has 5 rings (SSSR count). The van der Waals surface area contributed by atoms with Gasteiger partial charge in [-0.05, 0) is 36.4 Å².